The van der Waals surface area contributed by atoms with E-state index in [9.17, 15) is 29.5 Å². The zero-order chi connectivity index (χ0) is 29.3. The molecule has 2 atom stereocenters. The Bertz CT molecular complexity index is 1690. The quantitative estimate of drug-likeness (QED) is 0.0759. The Morgan fingerprint density at radius 3 is 2.83 bits per heavy atom. The van der Waals surface area contributed by atoms with Crippen LogP contribution in [0.5, 0.6) is 0 Å². The molecule has 3 amide bonds. The first kappa shape index (κ1) is 28.4. The number of halogens is 1. The number of aromatic nitrogens is 3. The zero-order valence-corrected chi connectivity index (χ0v) is 23.7. The van der Waals surface area contributed by atoms with E-state index in [0.717, 1.165) is 17.0 Å². The maximum absolute atomic E-state index is 13.3. The average Bonchev–Trinajstić information content (AvgIpc) is 3.54. The van der Waals surface area contributed by atoms with Crippen molar-refractivity contribution in [1.29, 1.82) is 0 Å². The fraction of sp³-hybridized carbons (Fsp3) is 0.292. The molecule has 0 aromatic carbocycles. The van der Waals surface area contributed by atoms with Gasteiger partial charge < -0.3 is 20.5 Å². The number of alkyl halides is 1. The summed E-state index contributed by atoms with van der Waals surface area (Å²) in [7, 11) is 0. The largest absolute Gasteiger partial charge is 0.477 e. The summed E-state index contributed by atoms with van der Waals surface area (Å²) in [5, 5.41) is 27.6. The first-order chi connectivity index (χ1) is 19.7. The maximum atomic E-state index is 13.3. The van der Waals surface area contributed by atoms with Gasteiger partial charge in [0, 0.05) is 22.8 Å². The number of hydrogen-bond acceptors (Lipinski definition) is 9. The number of carbonyl (C=O) groups is 4. The van der Waals surface area contributed by atoms with Crippen molar-refractivity contribution in [2.24, 2.45) is 10.1 Å². The summed E-state index contributed by atoms with van der Waals surface area (Å²) >= 11 is 7.66. The van der Waals surface area contributed by atoms with Crippen molar-refractivity contribution in [3.05, 3.63) is 63.9 Å². The molecule has 5 rings (SSSR count). The SMILES string of the molecule is CCO/N=C(\C(=O)N[C@@H]1C(=O)N2C(C(=O)O)=C(C[n+]3ccn4ccccc43)CS[C@@H]12)c1csc(=NC(=O)CCl)n1O. The number of imidazole rings is 1. The van der Waals surface area contributed by atoms with Crippen LogP contribution >= 0.6 is 34.7 Å². The molecule has 0 bridgehead atoms. The van der Waals surface area contributed by atoms with Crippen LogP contribution in [0, 0.1) is 0 Å². The molecular weight excluding hydrogens is 598 g/mol. The van der Waals surface area contributed by atoms with E-state index in [4.69, 9.17) is 16.4 Å². The van der Waals surface area contributed by atoms with Crippen LogP contribution in [0.4, 0.5) is 0 Å². The molecule has 1 fully saturated rings. The van der Waals surface area contributed by atoms with Crippen molar-refractivity contribution in [3.63, 3.8) is 0 Å². The minimum absolute atomic E-state index is 0.105. The number of amides is 3. The number of nitrogens with one attached hydrogen (secondary N) is 1. The number of carboxylic acid groups (broad SMARTS) is 1. The molecule has 3 N–H and O–H groups in total. The molecule has 5 heterocycles. The maximum Gasteiger partial charge on any atom is 0.352 e. The van der Waals surface area contributed by atoms with Crippen LogP contribution in [0.25, 0.3) is 5.65 Å². The molecule has 0 aliphatic carbocycles. The molecular formula is C24H23ClN7O7S2+. The molecule has 214 valence electrons. The number of hydrogen-bond donors (Lipinski definition) is 3. The lowest BCUT2D eigenvalue weighted by Crippen LogP contribution is -2.71. The number of fused-ring (bicyclic) bond motifs is 2. The number of nitrogens with zero attached hydrogens (tertiary/aromatic N) is 6. The summed E-state index contributed by atoms with van der Waals surface area (Å²) in [5.74, 6) is -3.47. The first-order valence-corrected chi connectivity index (χ1v) is 14.6. The molecule has 0 saturated carbocycles. The molecule has 0 radical (unpaired) electrons. The van der Waals surface area contributed by atoms with E-state index >= 15 is 0 Å². The van der Waals surface area contributed by atoms with Crippen LogP contribution in [0.3, 0.4) is 0 Å². The number of rotatable bonds is 9. The van der Waals surface area contributed by atoms with Gasteiger partial charge in [-0.25, -0.2) is 13.8 Å². The summed E-state index contributed by atoms with van der Waals surface area (Å²) in [6.07, 6.45) is 5.57. The van der Waals surface area contributed by atoms with Crippen molar-refractivity contribution < 1.29 is 38.9 Å². The summed E-state index contributed by atoms with van der Waals surface area (Å²) in [5.41, 5.74) is 0.795. The molecule has 0 unspecified atom stereocenters. The number of aliphatic carboxylic acids is 1. The standard InChI is InChI=1S/C24H22ClN7O7S2/c1-2-39-28-17(14-12-41-24(32(14)38)26-15(33)9-25)20(34)27-18-21(35)31-19(23(36)37)13(11-40-22(18)31)10-30-8-7-29-6-4-3-5-16(29)30/h3-8,12,18,22,38H,2,9-11H2,1H3,(H-,27,34,36,37)/p+1/b26-24?,28-17-/t18-,22+/m1/s1. The van der Waals surface area contributed by atoms with E-state index in [1.54, 1.807) is 6.92 Å². The van der Waals surface area contributed by atoms with Gasteiger partial charge in [0.15, 0.2) is 5.71 Å². The zero-order valence-electron chi connectivity index (χ0n) is 21.3. The van der Waals surface area contributed by atoms with E-state index in [0.29, 0.717) is 16.1 Å². The average molecular weight is 621 g/mol. The Hall–Kier alpha value is -4.15. The van der Waals surface area contributed by atoms with Crippen molar-refractivity contribution >= 4 is 69.7 Å². The second kappa shape index (κ2) is 11.8. The molecule has 2 aliphatic heterocycles. The predicted molar refractivity (Wildman–Crippen MR) is 146 cm³/mol. The lowest BCUT2D eigenvalue weighted by molar-refractivity contribution is -0.662. The predicted octanol–water partition coefficient (Wildman–Crippen LogP) is 0.173. The van der Waals surface area contributed by atoms with E-state index in [1.807, 2.05) is 45.8 Å². The summed E-state index contributed by atoms with van der Waals surface area (Å²) in [6, 6.07) is 4.61. The molecule has 0 spiro atoms. The van der Waals surface area contributed by atoms with Gasteiger partial charge in [0.1, 0.15) is 54.2 Å². The van der Waals surface area contributed by atoms with Gasteiger partial charge in [-0.05, 0) is 13.0 Å². The second-order valence-corrected chi connectivity index (χ2v) is 10.9. The Labute approximate surface area is 244 Å². The molecule has 1 saturated heterocycles. The molecule has 2 aliphatic rings. The van der Waals surface area contributed by atoms with Crippen LogP contribution < -0.4 is 14.7 Å². The topological polar surface area (TPSA) is 171 Å². The van der Waals surface area contributed by atoms with E-state index in [1.165, 1.54) is 22.0 Å². The van der Waals surface area contributed by atoms with Gasteiger partial charge in [-0.1, -0.05) is 11.2 Å². The number of thioether (sulfide) groups is 1. The van der Waals surface area contributed by atoms with Gasteiger partial charge in [-0.3, -0.25) is 19.3 Å². The van der Waals surface area contributed by atoms with Crippen LogP contribution in [-0.2, 0) is 30.6 Å². The summed E-state index contributed by atoms with van der Waals surface area (Å²) in [6.45, 7) is 2.01. The Morgan fingerprint density at radius 2 is 2.10 bits per heavy atom. The minimum atomic E-state index is -1.24. The minimum Gasteiger partial charge on any atom is -0.477 e. The highest BCUT2D eigenvalue weighted by molar-refractivity contribution is 8.00. The lowest BCUT2D eigenvalue weighted by atomic mass is 10.0. The van der Waals surface area contributed by atoms with Gasteiger partial charge in [0.2, 0.25) is 4.80 Å². The monoisotopic (exact) mass is 620 g/mol. The number of pyridine rings is 1. The summed E-state index contributed by atoms with van der Waals surface area (Å²) < 4.78 is 4.29. The molecule has 17 heteroatoms. The lowest BCUT2D eigenvalue weighted by Gasteiger charge is -2.49. The third-order valence-corrected chi connectivity index (χ3v) is 8.61. The van der Waals surface area contributed by atoms with Crippen molar-refractivity contribution in [2.75, 3.05) is 18.2 Å². The Kier molecular flexibility index (Phi) is 8.14. The Balaban J connectivity index is 1.38. The smallest absolute Gasteiger partial charge is 0.352 e. The third kappa shape index (κ3) is 5.32. The van der Waals surface area contributed by atoms with Crippen LogP contribution in [-0.4, -0.2) is 83.4 Å². The van der Waals surface area contributed by atoms with Gasteiger partial charge in [0.05, 0.1) is 6.20 Å². The van der Waals surface area contributed by atoms with Crippen molar-refractivity contribution in [1.82, 2.24) is 19.3 Å². The van der Waals surface area contributed by atoms with E-state index < -0.39 is 41.0 Å². The van der Waals surface area contributed by atoms with Gasteiger partial charge in [-0.15, -0.1) is 34.7 Å². The fourth-order valence-corrected chi connectivity index (χ4v) is 6.59. The summed E-state index contributed by atoms with van der Waals surface area (Å²) in [4.78, 5) is 60.1. The van der Waals surface area contributed by atoms with Crippen LogP contribution in [0.15, 0.2) is 63.6 Å². The number of thiazole rings is 1. The number of carbonyl (C=O) groups excluding carboxylic acids is 3. The van der Waals surface area contributed by atoms with Crippen molar-refractivity contribution in [3.8, 4) is 0 Å². The molecule has 3 aromatic rings. The van der Waals surface area contributed by atoms with E-state index in [-0.39, 0.29) is 35.1 Å². The fourth-order valence-electron chi connectivity index (χ4n) is 4.41. The normalized spacial score (nSPS) is 19.3. The highest BCUT2D eigenvalue weighted by Gasteiger charge is 2.54. The van der Waals surface area contributed by atoms with E-state index in [2.05, 4.69) is 15.5 Å². The molecule has 14 nitrogen and oxygen atoms in total. The van der Waals surface area contributed by atoms with Gasteiger partial charge in [-0.2, -0.15) is 9.72 Å². The molecule has 41 heavy (non-hydrogen) atoms. The highest BCUT2D eigenvalue weighted by atomic mass is 35.5. The van der Waals surface area contributed by atoms with Gasteiger partial charge in [0.25, 0.3) is 23.4 Å². The number of oxime groups is 1. The van der Waals surface area contributed by atoms with Crippen LogP contribution in [0.1, 0.15) is 12.6 Å². The van der Waals surface area contributed by atoms with Crippen LogP contribution in [0.2, 0.25) is 0 Å². The first-order valence-electron chi connectivity index (χ1n) is 12.1. The highest BCUT2D eigenvalue weighted by Crippen LogP contribution is 2.40. The van der Waals surface area contributed by atoms with Gasteiger partial charge >= 0.3 is 5.97 Å². The van der Waals surface area contributed by atoms with Crippen molar-refractivity contribution in [2.45, 2.75) is 24.9 Å². The Morgan fingerprint density at radius 1 is 1.29 bits per heavy atom. The molecule has 3 aromatic heterocycles. The third-order valence-electron chi connectivity index (χ3n) is 6.23. The second-order valence-electron chi connectivity index (χ2n) is 8.72. The number of β-lactam (4-membered cyclic amide) rings is 1. The number of carboxylic acids is 1.